The molecule has 0 bridgehead atoms. The maximum absolute atomic E-state index is 12.9. The molecule has 3 aromatic carbocycles. The van der Waals surface area contributed by atoms with Crippen LogP contribution in [0.1, 0.15) is 32.6 Å². The Morgan fingerprint density at radius 1 is 0.893 bits per heavy atom. The van der Waals surface area contributed by atoms with Gasteiger partial charge in [-0.25, -0.2) is 4.79 Å². The van der Waals surface area contributed by atoms with Crippen LogP contribution in [0.15, 0.2) is 54.6 Å². The highest BCUT2D eigenvalue weighted by molar-refractivity contribution is 5.98. The number of nitrogens with two attached hydrogens (primary N) is 1. The Hall–Kier alpha value is -3.22. The zero-order valence-electron chi connectivity index (χ0n) is 14.5. The summed E-state index contributed by atoms with van der Waals surface area (Å²) >= 11 is 0. The zero-order chi connectivity index (χ0) is 18.8. The van der Waals surface area contributed by atoms with Crippen LogP contribution in [-0.4, -0.2) is 16.2 Å². The number of phenols is 2. The minimum Gasteiger partial charge on any atom is -0.508 e. The van der Waals surface area contributed by atoms with Gasteiger partial charge in [-0.3, -0.25) is 0 Å². The van der Waals surface area contributed by atoms with E-state index in [1.807, 2.05) is 12.1 Å². The van der Waals surface area contributed by atoms with Crippen LogP contribution in [0.4, 0.5) is 0 Å². The average molecular weight is 398 g/mol. The molecule has 0 atom stereocenters. The Balaban J connectivity index is 0.00000192. The molecule has 7 heteroatoms. The Kier molecular flexibility index (Phi) is 3.99. The van der Waals surface area contributed by atoms with E-state index in [2.05, 4.69) is 0 Å². The average Bonchev–Trinajstić information content (AvgIpc) is 2.95. The van der Waals surface area contributed by atoms with Gasteiger partial charge in [-0.05, 0) is 29.8 Å². The van der Waals surface area contributed by atoms with Gasteiger partial charge in [-0.2, -0.15) is 0 Å². The fourth-order valence-corrected chi connectivity index (χ4v) is 3.99. The molecule has 0 saturated carbocycles. The number of benzene rings is 3. The predicted octanol–water partition coefficient (Wildman–Crippen LogP) is 3.55. The molecule has 142 valence electrons. The van der Waals surface area contributed by atoms with Gasteiger partial charge >= 0.3 is 5.97 Å². The molecular formula is C21H16ClNO5. The first-order chi connectivity index (χ1) is 13.0. The van der Waals surface area contributed by atoms with Gasteiger partial charge in [0.2, 0.25) is 0 Å². The molecule has 2 heterocycles. The summed E-state index contributed by atoms with van der Waals surface area (Å²) in [5.41, 5.74) is 7.60. The summed E-state index contributed by atoms with van der Waals surface area (Å²) in [6.07, 6.45) is 0. The van der Waals surface area contributed by atoms with E-state index in [1.54, 1.807) is 18.2 Å². The van der Waals surface area contributed by atoms with Gasteiger partial charge in [0.05, 0.1) is 5.56 Å². The molecule has 0 amide bonds. The second-order valence-corrected chi connectivity index (χ2v) is 6.58. The minimum absolute atomic E-state index is 0. The number of esters is 1. The minimum atomic E-state index is -1.23. The fraction of sp³-hybridized carbons (Fsp3) is 0.0952. The quantitative estimate of drug-likeness (QED) is 0.543. The molecule has 5 rings (SSSR count). The van der Waals surface area contributed by atoms with Crippen molar-refractivity contribution in [1.82, 2.24) is 0 Å². The maximum atomic E-state index is 12.9. The molecule has 0 fully saturated rings. The van der Waals surface area contributed by atoms with Crippen LogP contribution in [0.3, 0.4) is 0 Å². The fourth-order valence-electron chi connectivity index (χ4n) is 3.99. The van der Waals surface area contributed by atoms with Crippen molar-refractivity contribution in [3.05, 3.63) is 82.4 Å². The lowest BCUT2D eigenvalue weighted by Gasteiger charge is -2.36. The molecular weight excluding hydrogens is 382 g/mol. The molecule has 0 saturated heterocycles. The largest absolute Gasteiger partial charge is 0.508 e. The maximum Gasteiger partial charge on any atom is 0.340 e. The Morgan fingerprint density at radius 2 is 1.50 bits per heavy atom. The van der Waals surface area contributed by atoms with Gasteiger partial charge in [-0.15, -0.1) is 12.4 Å². The summed E-state index contributed by atoms with van der Waals surface area (Å²) in [6, 6.07) is 14.8. The van der Waals surface area contributed by atoms with E-state index >= 15 is 0 Å². The van der Waals surface area contributed by atoms with E-state index in [4.69, 9.17) is 15.2 Å². The monoisotopic (exact) mass is 397 g/mol. The number of carbonyl (C=O) groups is 1. The van der Waals surface area contributed by atoms with E-state index in [1.165, 1.54) is 24.3 Å². The van der Waals surface area contributed by atoms with Crippen molar-refractivity contribution in [1.29, 1.82) is 0 Å². The number of ether oxygens (including phenoxy) is 2. The molecule has 6 nitrogen and oxygen atoms in total. The summed E-state index contributed by atoms with van der Waals surface area (Å²) in [5, 5.41) is 19.8. The number of hydrogen-bond donors (Lipinski definition) is 3. The first-order valence-corrected chi connectivity index (χ1v) is 8.45. The molecule has 4 N–H and O–H groups in total. The molecule has 2 aliphatic heterocycles. The lowest BCUT2D eigenvalue weighted by atomic mass is 9.77. The number of carbonyl (C=O) groups excluding carboxylic acids is 1. The third kappa shape index (κ3) is 2.22. The van der Waals surface area contributed by atoms with Gasteiger partial charge in [-0.1, -0.05) is 18.2 Å². The molecule has 0 radical (unpaired) electrons. The SMILES string of the molecule is Cl.NCc1cccc2c1C(=O)OC21c2ccc(O)cc2Oc2cc(O)ccc21. The second-order valence-electron chi connectivity index (χ2n) is 6.58. The van der Waals surface area contributed by atoms with Crippen LogP contribution in [0.5, 0.6) is 23.0 Å². The zero-order valence-corrected chi connectivity index (χ0v) is 15.3. The van der Waals surface area contributed by atoms with Crippen molar-refractivity contribution < 1.29 is 24.5 Å². The third-order valence-electron chi connectivity index (χ3n) is 5.11. The summed E-state index contributed by atoms with van der Waals surface area (Å²) in [6.45, 7) is 0.204. The summed E-state index contributed by atoms with van der Waals surface area (Å²) in [7, 11) is 0. The highest BCUT2D eigenvalue weighted by Crippen LogP contribution is 2.57. The number of phenolic OH excluding ortho intramolecular Hbond substituents is 2. The van der Waals surface area contributed by atoms with Crippen LogP contribution in [-0.2, 0) is 16.9 Å². The third-order valence-corrected chi connectivity index (χ3v) is 5.11. The van der Waals surface area contributed by atoms with Crippen molar-refractivity contribution in [3.63, 3.8) is 0 Å². The van der Waals surface area contributed by atoms with Crippen LogP contribution in [0.25, 0.3) is 0 Å². The summed E-state index contributed by atoms with van der Waals surface area (Å²) in [5.74, 6) is 0.283. The van der Waals surface area contributed by atoms with Crippen LogP contribution < -0.4 is 10.5 Å². The molecule has 2 aliphatic rings. The Morgan fingerprint density at radius 3 is 2.07 bits per heavy atom. The van der Waals surface area contributed by atoms with Crippen LogP contribution in [0.2, 0.25) is 0 Å². The van der Waals surface area contributed by atoms with Gasteiger partial charge in [0.15, 0.2) is 5.60 Å². The number of hydrogen-bond acceptors (Lipinski definition) is 6. The molecule has 0 aromatic heterocycles. The summed E-state index contributed by atoms with van der Waals surface area (Å²) < 4.78 is 11.9. The lowest BCUT2D eigenvalue weighted by molar-refractivity contribution is 0.0223. The summed E-state index contributed by atoms with van der Waals surface area (Å²) in [4.78, 5) is 12.9. The van der Waals surface area contributed by atoms with E-state index in [0.717, 1.165) is 0 Å². The number of aromatic hydroxyl groups is 2. The smallest absolute Gasteiger partial charge is 0.340 e. The Labute approximate surface area is 166 Å². The van der Waals surface area contributed by atoms with E-state index < -0.39 is 11.6 Å². The molecule has 3 aromatic rings. The topological polar surface area (TPSA) is 102 Å². The highest BCUT2D eigenvalue weighted by Gasteiger charge is 2.54. The molecule has 0 unspecified atom stereocenters. The normalized spacial score (nSPS) is 15.0. The second kappa shape index (κ2) is 6.15. The van der Waals surface area contributed by atoms with Crippen molar-refractivity contribution in [2.75, 3.05) is 0 Å². The number of fused-ring (bicyclic) bond motifs is 6. The standard InChI is InChI=1S/C21H15NO5.ClH/c22-10-11-2-1-3-16-19(11)20(25)27-21(16)14-6-4-12(23)8-17(14)26-18-9-13(24)5-7-15(18)21;/h1-9,23-24H,10,22H2;1H. The Bertz CT molecular complexity index is 1080. The molecule has 1 spiro atoms. The molecule has 0 aliphatic carbocycles. The van der Waals surface area contributed by atoms with E-state index in [-0.39, 0.29) is 30.5 Å². The van der Waals surface area contributed by atoms with Gasteiger partial charge < -0.3 is 25.4 Å². The number of rotatable bonds is 1. The van der Waals surface area contributed by atoms with Crippen LogP contribution >= 0.6 is 12.4 Å². The predicted molar refractivity (Wildman–Crippen MR) is 103 cm³/mol. The van der Waals surface area contributed by atoms with Gasteiger partial charge in [0.25, 0.3) is 0 Å². The molecule has 28 heavy (non-hydrogen) atoms. The lowest BCUT2D eigenvalue weighted by Crippen LogP contribution is -2.32. The van der Waals surface area contributed by atoms with Gasteiger partial charge in [0, 0.05) is 35.4 Å². The van der Waals surface area contributed by atoms with Crippen LogP contribution in [0, 0.1) is 0 Å². The highest BCUT2D eigenvalue weighted by atomic mass is 35.5. The van der Waals surface area contributed by atoms with Crippen molar-refractivity contribution in [2.24, 2.45) is 5.73 Å². The van der Waals surface area contributed by atoms with E-state index in [0.29, 0.717) is 39.3 Å². The first-order valence-electron chi connectivity index (χ1n) is 8.45. The van der Waals surface area contributed by atoms with Gasteiger partial charge in [0.1, 0.15) is 23.0 Å². The van der Waals surface area contributed by atoms with Crippen molar-refractivity contribution >= 4 is 18.4 Å². The number of halogens is 1. The van der Waals surface area contributed by atoms with Crippen molar-refractivity contribution in [2.45, 2.75) is 12.1 Å². The first kappa shape index (κ1) is 18.2. The van der Waals surface area contributed by atoms with Crippen molar-refractivity contribution in [3.8, 4) is 23.0 Å². The van der Waals surface area contributed by atoms with E-state index in [9.17, 15) is 15.0 Å².